The summed E-state index contributed by atoms with van der Waals surface area (Å²) in [4.78, 5) is 15.8. The zero-order valence-corrected chi connectivity index (χ0v) is 28.6. The van der Waals surface area contributed by atoms with Crippen molar-refractivity contribution in [1.29, 1.82) is 0 Å². The number of thiazole rings is 1. The highest BCUT2D eigenvalue weighted by Crippen LogP contribution is 2.30. The van der Waals surface area contributed by atoms with Crippen molar-refractivity contribution in [2.24, 2.45) is 0 Å². The average Bonchev–Trinajstić information content (AvgIpc) is 3.38. The molecule has 0 aliphatic rings. The smallest absolute Gasteiger partial charge is 0.225 e. The zero-order valence-electron chi connectivity index (χ0n) is 26.2. The summed E-state index contributed by atoms with van der Waals surface area (Å²) in [6.07, 6.45) is 18.0. The maximum atomic E-state index is 12.7. The average molecular weight is 660 g/mol. The molecule has 3 aromatic rings. The molecule has 2 aromatic carbocycles. The Kier molecular flexibility index (Phi) is 17.5. The van der Waals surface area contributed by atoms with Crippen molar-refractivity contribution >= 4 is 22.9 Å². The minimum absolute atomic E-state index is 0. The van der Waals surface area contributed by atoms with Crippen LogP contribution in [0.1, 0.15) is 107 Å². The first-order valence-electron chi connectivity index (χ1n) is 15.6. The summed E-state index contributed by atoms with van der Waals surface area (Å²) in [6, 6.07) is 14.2. The van der Waals surface area contributed by atoms with E-state index in [1.165, 1.54) is 75.5 Å². The number of aromatic nitrogens is 1. The maximum Gasteiger partial charge on any atom is 0.225 e. The fraction of sp³-hybridized carbons (Fsp3) is 0.543. The van der Waals surface area contributed by atoms with Gasteiger partial charge >= 0.3 is 0 Å². The van der Waals surface area contributed by atoms with Crippen LogP contribution in [-0.2, 0) is 17.9 Å². The molecule has 0 N–H and O–H groups in total. The van der Waals surface area contributed by atoms with E-state index in [1.807, 2.05) is 35.2 Å². The number of rotatable bonds is 20. The molecular formula is C35H51BrN2O3S. The predicted molar refractivity (Wildman–Crippen MR) is 171 cm³/mol. The Labute approximate surface area is 269 Å². The molecule has 0 saturated heterocycles. The van der Waals surface area contributed by atoms with Gasteiger partial charge in [-0.3, -0.25) is 4.79 Å². The van der Waals surface area contributed by atoms with Crippen molar-refractivity contribution in [3.05, 3.63) is 70.2 Å². The highest BCUT2D eigenvalue weighted by molar-refractivity contribution is 7.09. The molecule has 1 amide bonds. The maximum absolute atomic E-state index is 12.7. The molecule has 5 nitrogen and oxygen atoms in total. The van der Waals surface area contributed by atoms with Crippen molar-refractivity contribution < 1.29 is 35.8 Å². The summed E-state index contributed by atoms with van der Waals surface area (Å²) in [5.74, 6) is 1.48. The monoisotopic (exact) mass is 658 g/mol. The normalized spacial score (nSPS) is 10.8. The number of benzene rings is 2. The molecule has 0 saturated carbocycles. The number of methoxy groups -OCH3 is 1. The predicted octanol–water partition coefficient (Wildman–Crippen LogP) is 6.04. The Morgan fingerprint density at radius 1 is 0.857 bits per heavy atom. The van der Waals surface area contributed by atoms with Crippen LogP contribution >= 0.6 is 11.3 Å². The zero-order chi connectivity index (χ0) is 29.3. The van der Waals surface area contributed by atoms with Crippen LogP contribution in [0.2, 0.25) is 0 Å². The Balaban J connectivity index is 0.00000616. The lowest BCUT2D eigenvalue weighted by Gasteiger charge is -2.22. The molecule has 1 aromatic heterocycles. The number of aryl methyl sites for hydroxylation is 1. The van der Waals surface area contributed by atoms with Gasteiger partial charge in [-0.1, -0.05) is 107 Å². The third-order valence-electron chi connectivity index (χ3n) is 7.51. The molecule has 0 unspecified atom stereocenters. The van der Waals surface area contributed by atoms with Crippen LogP contribution in [0.25, 0.3) is 0 Å². The number of nitrogens with zero attached hydrogens (tertiary/aromatic N) is 2. The van der Waals surface area contributed by atoms with Crippen molar-refractivity contribution in [1.82, 2.24) is 0 Å². The van der Waals surface area contributed by atoms with Crippen LogP contribution < -0.4 is 35.9 Å². The van der Waals surface area contributed by atoms with Crippen LogP contribution in [0.4, 0.5) is 5.69 Å². The summed E-state index contributed by atoms with van der Waals surface area (Å²) in [7, 11) is 1.67. The second-order valence-electron chi connectivity index (χ2n) is 11.1. The molecule has 0 atom stereocenters. The van der Waals surface area contributed by atoms with E-state index in [0.29, 0.717) is 13.2 Å². The van der Waals surface area contributed by atoms with Crippen molar-refractivity contribution in [2.45, 2.75) is 111 Å². The number of hydrogen-bond donors (Lipinski definition) is 0. The molecule has 0 aliphatic heterocycles. The Hall–Kier alpha value is -2.38. The first-order chi connectivity index (χ1) is 20.0. The van der Waals surface area contributed by atoms with E-state index in [9.17, 15) is 4.79 Å². The fourth-order valence-corrected chi connectivity index (χ4v) is 5.82. The van der Waals surface area contributed by atoms with Crippen LogP contribution in [0.5, 0.6) is 11.5 Å². The van der Waals surface area contributed by atoms with E-state index in [0.717, 1.165) is 41.3 Å². The lowest BCUT2D eigenvalue weighted by molar-refractivity contribution is -0.683. The Morgan fingerprint density at radius 2 is 1.52 bits per heavy atom. The molecular weight excluding hydrogens is 608 g/mol. The van der Waals surface area contributed by atoms with E-state index in [-0.39, 0.29) is 22.9 Å². The number of unbranched alkanes of at least 4 members (excludes halogenated alkanes) is 11. The van der Waals surface area contributed by atoms with E-state index >= 15 is 0 Å². The van der Waals surface area contributed by atoms with Gasteiger partial charge in [0.2, 0.25) is 11.4 Å². The molecule has 0 bridgehead atoms. The van der Waals surface area contributed by atoms with Crippen molar-refractivity contribution in [3.63, 3.8) is 0 Å². The molecule has 0 fully saturated rings. The summed E-state index contributed by atoms with van der Waals surface area (Å²) in [6.45, 7) is 7.94. The van der Waals surface area contributed by atoms with E-state index in [2.05, 4.69) is 42.3 Å². The number of anilines is 1. The molecule has 42 heavy (non-hydrogen) atoms. The van der Waals surface area contributed by atoms with Gasteiger partial charge in [-0.2, -0.15) is 4.57 Å². The molecule has 3 rings (SSSR count). The summed E-state index contributed by atoms with van der Waals surface area (Å²) in [5.41, 5.74) is 5.20. The minimum Gasteiger partial charge on any atom is -1.00 e. The highest BCUT2D eigenvalue weighted by atomic mass is 79.9. The number of ether oxygens (including phenoxy) is 2. The lowest BCUT2D eigenvalue weighted by Crippen LogP contribution is -3.00. The Morgan fingerprint density at radius 3 is 2.12 bits per heavy atom. The molecule has 232 valence electrons. The molecule has 0 aliphatic carbocycles. The van der Waals surface area contributed by atoms with Gasteiger partial charge in [-0.25, -0.2) is 0 Å². The van der Waals surface area contributed by atoms with Crippen LogP contribution in [-0.4, -0.2) is 19.6 Å². The third-order valence-corrected chi connectivity index (χ3v) is 8.37. The summed E-state index contributed by atoms with van der Waals surface area (Å²) < 4.78 is 13.9. The van der Waals surface area contributed by atoms with E-state index in [1.54, 1.807) is 25.4 Å². The van der Waals surface area contributed by atoms with Gasteiger partial charge in [0.05, 0.1) is 25.1 Å². The van der Waals surface area contributed by atoms with Crippen LogP contribution in [0, 0.1) is 6.92 Å². The van der Waals surface area contributed by atoms with Crippen molar-refractivity contribution in [3.8, 4) is 11.5 Å². The van der Waals surface area contributed by atoms with E-state index in [4.69, 9.17) is 9.47 Å². The van der Waals surface area contributed by atoms with Gasteiger partial charge in [0.15, 0.2) is 24.2 Å². The number of amides is 1. The minimum atomic E-state index is 0. The quantitative estimate of drug-likeness (QED) is 0.110. The number of carbonyl (C=O) groups is 1. The number of halogens is 1. The SMILES string of the molecule is CCCCCCCCCCCCCCOc1cc(CN(C(C)=O)c2cccc(C[n+]3csc(C)c3)c2)ccc1OC.[Br-]. The summed E-state index contributed by atoms with van der Waals surface area (Å²) in [5, 5.41) is 0. The number of carbonyl (C=O) groups excluding carboxylic acids is 1. The van der Waals surface area contributed by atoms with Gasteiger partial charge in [-0.15, -0.1) is 0 Å². The van der Waals surface area contributed by atoms with E-state index < -0.39 is 0 Å². The van der Waals surface area contributed by atoms with Gasteiger partial charge in [0, 0.05) is 18.2 Å². The molecule has 7 heteroatoms. The topological polar surface area (TPSA) is 42.7 Å². The first-order valence-corrected chi connectivity index (χ1v) is 16.5. The van der Waals surface area contributed by atoms with Crippen LogP contribution in [0.3, 0.4) is 0 Å². The standard InChI is InChI=1S/C35H51N2O3S.BrH/c1-5-6-7-8-9-10-11-12-13-14-15-16-22-40-35-24-32(20-21-34(35)39-4)27-37(30(3)38)33-19-17-18-31(23-33)26-36-25-29(2)41-28-36;/h17-21,23-25,28H,5-16,22,26-27H2,1-4H3;1H/q+1;/p-1. The molecule has 0 radical (unpaired) electrons. The Bertz CT molecular complexity index is 1180. The number of hydrogen-bond acceptors (Lipinski definition) is 4. The highest BCUT2D eigenvalue weighted by Gasteiger charge is 2.16. The lowest BCUT2D eigenvalue weighted by atomic mass is 10.1. The second kappa shape index (κ2) is 20.5. The fourth-order valence-electron chi connectivity index (χ4n) is 5.19. The third kappa shape index (κ3) is 12.9. The van der Waals surface area contributed by atoms with Crippen LogP contribution in [0.15, 0.2) is 54.2 Å². The van der Waals surface area contributed by atoms with Crippen molar-refractivity contribution in [2.75, 3.05) is 18.6 Å². The first kappa shape index (κ1) is 35.8. The largest absolute Gasteiger partial charge is 1.00 e. The second-order valence-corrected chi connectivity index (χ2v) is 12.2. The van der Waals surface area contributed by atoms with Gasteiger partial charge in [-0.05, 0) is 43.2 Å². The molecule has 1 heterocycles. The van der Waals surface area contributed by atoms with Gasteiger partial charge in [0.25, 0.3) is 0 Å². The molecule has 0 spiro atoms. The summed E-state index contributed by atoms with van der Waals surface area (Å²) >= 11 is 1.74. The van der Waals surface area contributed by atoms with Gasteiger partial charge < -0.3 is 31.4 Å². The van der Waals surface area contributed by atoms with Gasteiger partial charge in [0.1, 0.15) is 0 Å².